The van der Waals surface area contributed by atoms with Crippen molar-refractivity contribution in [2.45, 2.75) is 257 Å². The minimum atomic E-state index is -1.36. The van der Waals surface area contributed by atoms with E-state index in [4.69, 9.17) is 0 Å². The van der Waals surface area contributed by atoms with Gasteiger partial charge in [-0.25, -0.2) is 0 Å². The molecule has 0 saturated carbocycles. The second kappa shape index (κ2) is 50.2. The summed E-state index contributed by atoms with van der Waals surface area (Å²) in [5.41, 5.74) is 0. The van der Waals surface area contributed by atoms with Crippen molar-refractivity contribution in [3.63, 3.8) is 0 Å². The van der Waals surface area contributed by atoms with E-state index in [0.717, 1.165) is 25.7 Å². The Kier molecular flexibility index (Phi) is 51.8. The Morgan fingerprint density at radius 1 is 0.352 bits per heavy atom. The number of hydrogen-bond acceptors (Lipinski definition) is 8. The Morgan fingerprint density at radius 3 is 0.761 bits per heavy atom. The summed E-state index contributed by atoms with van der Waals surface area (Å²) < 4.78 is 0.788. The number of carboxylic acid groups (broad SMARTS) is 2. The van der Waals surface area contributed by atoms with E-state index in [9.17, 15) is 39.0 Å². The predicted octanol–water partition coefficient (Wildman–Crippen LogP) is 7.79. The van der Waals surface area contributed by atoms with E-state index in [2.05, 4.69) is 35.1 Å². The van der Waals surface area contributed by atoms with Crippen LogP contribution in [0.15, 0.2) is 0 Å². The molecule has 0 aromatic heterocycles. The van der Waals surface area contributed by atoms with Crippen LogP contribution in [0.25, 0.3) is 0 Å². The maximum Gasteiger partial charge on any atom is 2.00 e. The van der Waals surface area contributed by atoms with Crippen molar-refractivity contribution in [1.29, 1.82) is 0 Å². The molecule has 0 aliphatic carbocycles. The van der Waals surface area contributed by atoms with Crippen molar-refractivity contribution < 1.29 is 47.9 Å². The molecule has 0 aliphatic rings. The second-order valence-electron chi connectivity index (χ2n) is 22.2. The van der Waals surface area contributed by atoms with Crippen molar-refractivity contribution in [1.82, 2.24) is 21.3 Å². The van der Waals surface area contributed by atoms with Gasteiger partial charge < -0.3 is 50.0 Å². The van der Waals surface area contributed by atoms with Crippen LogP contribution in [0.1, 0.15) is 245 Å². The molecule has 0 radical (unpaired) electrons. The van der Waals surface area contributed by atoms with Crippen LogP contribution in [0.4, 0.5) is 0 Å². The fraction of sp³-hybridized carbons (Fsp3) is 0.893. The summed E-state index contributed by atoms with van der Waals surface area (Å²) in [5, 5.41) is 33.2. The van der Waals surface area contributed by atoms with Crippen LogP contribution in [0.2, 0.25) is 0 Å². The third kappa shape index (κ3) is 57.1. The molecule has 0 spiro atoms. The van der Waals surface area contributed by atoms with Gasteiger partial charge in [-0.1, -0.05) is 206 Å². The van der Waals surface area contributed by atoms with Gasteiger partial charge in [-0.05, 0) is 25.7 Å². The first-order valence-corrected chi connectivity index (χ1v) is 28.5. The molecule has 412 valence electrons. The molecule has 0 aromatic rings. The summed E-state index contributed by atoms with van der Waals surface area (Å²) in [7, 11) is 11.1. The van der Waals surface area contributed by atoms with E-state index in [1.165, 1.54) is 180 Å². The molecule has 2 atom stereocenters. The number of rotatable bonds is 48. The number of nitrogens with zero attached hydrogens (tertiary/aromatic N) is 2. The van der Waals surface area contributed by atoms with Gasteiger partial charge in [0.05, 0.1) is 66.3 Å². The van der Waals surface area contributed by atoms with Gasteiger partial charge in [0.2, 0.25) is 11.8 Å². The number of carbonyl (C=O) groups excluding carboxylic acids is 6. The van der Waals surface area contributed by atoms with Gasteiger partial charge in [0.25, 0.3) is 11.8 Å². The largest absolute Gasteiger partial charge is 2.00 e. The number of nitrogens with one attached hydrogen (secondary N) is 4. The molecule has 71 heavy (non-hydrogen) atoms. The smallest absolute Gasteiger partial charge is 0.548 e. The molecule has 0 unspecified atom stereocenters. The molecule has 4 N–H and O–H groups in total. The summed E-state index contributed by atoms with van der Waals surface area (Å²) in [4.78, 5) is 70.5. The molecular weight excluding hydrogens is 925 g/mol. The minimum Gasteiger partial charge on any atom is -0.548 e. The number of amides is 4. The van der Waals surface area contributed by atoms with Gasteiger partial charge in [0.1, 0.15) is 0 Å². The van der Waals surface area contributed by atoms with E-state index >= 15 is 0 Å². The fourth-order valence-electron chi connectivity index (χ4n) is 8.37. The Balaban J connectivity index is -0.00000128. The van der Waals surface area contributed by atoms with Gasteiger partial charge in [0.15, 0.2) is 13.1 Å². The molecule has 0 rings (SSSR count). The summed E-state index contributed by atoms with van der Waals surface area (Å²) in [5.74, 6) is -3.80. The Hall–Kier alpha value is -2.00. The van der Waals surface area contributed by atoms with Crippen LogP contribution >= 0.6 is 0 Å². The molecule has 0 aromatic carbocycles. The van der Waals surface area contributed by atoms with Gasteiger partial charge in [-0.2, -0.15) is 0 Å². The van der Waals surface area contributed by atoms with E-state index in [-0.39, 0.29) is 100 Å². The van der Waals surface area contributed by atoms with Crippen LogP contribution in [0.5, 0.6) is 0 Å². The monoisotopic (exact) mass is 1030 g/mol. The predicted molar refractivity (Wildman–Crippen MR) is 289 cm³/mol. The summed E-state index contributed by atoms with van der Waals surface area (Å²) in [6, 6.07) is -2.29. The zero-order valence-corrected chi connectivity index (χ0v) is 49.5. The SMILES string of the molecule is CCCCCCCCCCCCCCCCCCNC(=O)CC[C@H](NC(=O)C[N+](C)(C)C)C(=O)[O-].CCCCCCCCCCCCCCCCCCNC(=O)CC[C@H](NC(=O)C[N+](C)(C)C)C(=O)[O-].[Ca+2]. The Labute approximate surface area is 465 Å². The molecule has 0 bridgehead atoms. The number of hydrogen-bond donors (Lipinski definition) is 4. The van der Waals surface area contributed by atoms with Crippen LogP contribution in [-0.4, -0.2) is 163 Å². The molecule has 0 heterocycles. The summed E-state index contributed by atoms with van der Waals surface area (Å²) in [6.07, 6.45) is 42.2. The number of carboxylic acids is 2. The van der Waals surface area contributed by atoms with E-state index in [1.54, 1.807) is 0 Å². The number of likely N-dealkylation sites (N-methyl/N-ethyl adjacent to an activating group) is 2. The quantitative estimate of drug-likeness (QED) is 0.0269. The first kappa shape index (κ1) is 73.2. The van der Waals surface area contributed by atoms with Crippen LogP contribution in [0, 0.1) is 0 Å². The molecule has 0 fully saturated rings. The van der Waals surface area contributed by atoms with Gasteiger partial charge in [-0.3, -0.25) is 19.2 Å². The van der Waals surface area contributed by atoms with E-state index in [1.807, 2.05) is 42.3 Å². The third-order valence-electron chi connectivity index (χ3n) is 12.5. The van der Waals surface area contributed by atoms with Gasteiger partial charge in [0, 0.05) is 25.9 Å². The van der Waals surface area contributed by atoms with E-state index < -0.39 is 24.0 Å². The molecule has 0 aliphatic heterocycles. The van der Waals surface area contributed by atoms with Gasteiger partial charge >= 0.3 is 37.7 Å². The standard InChI is InChI=1S/2C28H55N3O4.Ca/c2*1-5-6-7-8-9-10-11-12-13-14-15-16-17-18-19-20-23-29-26(32)22-21-25(28(34)35)30-27(33)24-31(2,3)4;/h2*25H,5-24H2,1-4H3,(H2-,29,30,32,33,34,35);/q;;+2/t2*25-;/m00./s1. The number of carbonyl (C=O) groups is 6. The molecule has 14 nitrogen and oxygen atoms in total. The normalized spacial score (nSPS) is 12.2. The maximum atomic E-state index is 12.0. The van der Waals surface area contributed by atoms with Crippen LogP contribution < -0.4 is 31.5 Å². The molecular formula is C56H110CaN6O8+2. The number of aliphatic carboxylic acids is 2. The first-order valence-electron chi connectivity index (χ1n) is 28.5. The second-order valence-corrected chi connectivity index (χ2v) is 22.2. The van der Waals surface area contributed by atoms with Crippen molar-refractivity contribution in [3.05, 3.63) is 0 Å². The average molecular weight is 1040 g/mol. The number of quaternary nitrogens is 2. The first-order chi connectivity index (χ1) is 33.3. The zero-order chi connectivity index (χ0) is 52.7. The van der Waals surface area contributed by atoms with E-state index in [0.29, 0.717) is 22.1 Å². The zero-order valence-electron chi connectivity index (χ0n) is 47.3. The van der Waals surface area contributed by atoms with Crippen molar-refractivity contribution in [3.8, 4) is 0 Å². The minimum absolute atomic E-state index is 0. The number of unbranched alkanes of at least 4 members (excludes halogenated alkanes) is 30. The fourth-order valence-corrected chi connectivity index (χ4v) is 8.37. The van der Waals surface area contributed by atoms with Gasteiger partial charge in [-0.15, -0.1) is 0 Å². The third-order valence-corrected chi connectivity index (χ3v) is 12.5. The average Bonchev–Trinajstić information content (AvgIpc) is 3.27. The molecule has 15 heteroatoms. The van der Waals surface area contributed by atoms with Crippen molar-refractivity contribution >= 4 is 73.3 Å². The Bertz CT molecular complexity index is 1230. The summed E-state index contributed by atoms with van der Waals surface area (Å²) in [6.45, 7) is 6.08. The van der Waals surface area contributed by atoms with Crippen molar-refractivity contribution in [2.75, 3.05) is 68.5 Å². The van der Waals surface area contributed by atoms with Crippen LogP contribution in [-0.2, 0) is 28.8 Å². The maximum absolute atomic E-state index is 12.0. The van der Waals surface area contributed by atoms with Crippen molar-refractivity contribution in [2.24, 2.45) is 0 Å². The molecule has 0 saturated heterocycles. The summed E-state index contributed by atoms with van der Waals surface area (Å²) >= 11 is 0. The topological polar surface area (TPSA) is 197 Å². The Morgan fingerprint density at radius 2 is 0.563 bits per heavy atom. The molecule has 4 amide bonds. The van der Waals surface area contributed by atoms with Crippen LogP contribution in [0.3, 0.4) is 0 Å².